The lowest BCUT2D eigenvalue weighted by molar-refractivity contribution is -0.120. The molecule has 4 rings (SSSR count). The Hall–Kier alpha value is -3.31. The fraction of sp³-hybridized carbons (Fsp3) is 0.261. The van der Waals surface area contributed by atoms with Gasteiger partial charge in [-0.1, -0.05) is 22.0 Å². The van der Waals surface area contributed by atoms with Crippen LogP contribution in [0.4, 0.5) is 14.5 Å². The van der Waals surface area contributed by atoms with Gasteiger partial charge in [-0.2, -0.15) is 5.10 Å². The summed E-state index contributed by atoms with van der Waals surface area (Å²) in [4.78, 5) is 26.0. The number of aromatic carboxylic acids is 1. The zero-order chi connectivity index (χ0) is 24.4. The molecule has 0 fully saturated rings. The SMILES string of the molecule is CN1C(=O)C(NCCc2cn(Cc3c(F)cccc3F)nc2C(=O)O)COc2cc(Br)ccc21. The van der Waals surface area contributed by atoms with Crippen molar-refractivity contribution in [3.05, 3.63) is 75.5 Å². The predicted molar refractivity (Wildman–Crippen MR) is 123 cm³/mol. The molecule has 1 aromatic heterocycles. The maximum absolute atomic E-state index is 14.0. The van der Waals surface area contributed by atoms with E-state index in [0.717, 1.165) is 16.6 Å². The van der Waals surface area contributed by atoms with Crippen molar-refractivity contribution in [3.8, 4) is 5.75 Å². The maximum Gasteiger partial charge on any atom is 0.356 e. The van der Waals surface area contributed by atoms with E-state index < -0.39 is 23.6 Å². The number of aromatic nitrogens is 2. The van der Waals surface area contributed by atoms with Crippen LogP contribution in [-0.2, 0) is 17.8 Å². The van der Waals surface area contributed by atoms with Gasteiger partial charge in [0, 0.05) is 35.4 Å². The third-order valence-corrected chi connectivity index (χ3v) is 6.02. The van der Waals surface area contributed by atoms with E-state index >= 15 is 0 Å². The number of amides is 1. The van der Waals surface area contributed by atoms with Crippen molar-refractivity contribution in [2.75, 3.05) is 25.1 Å². The van der Waals surface area contributed by atoms with Gasteiger partial charge in [0.2, 0.25) is 5.91 Å². The molecule has 1 aliphatic heterocycles. The number of hydrogen-bond acceptors (Lipinski definition) is 5. The van der Waals surface area contributed by atoms with Gasteiger partial charge in [0.25, 0.3) is 0 Å². The van der Waals surface area contributed by atoms with Crippen LogP contribution in [-0.4, -0.2) is 53.0 Å². The Labute approximate surface area is 202 Å². The third kappa shape index (κ3) is 4.95. The van der Waals surface area contributed by atoms with Gasteiger partial charge >= 0.3 is 5.97 Å². The van der Waals surface area contributed by atoms with E-state index in [2.05, 4.69) is 26.3 Å². The van der Waals surface area contributed by atoms with Crippen molar-refractivity contribution in [1.82, 2.24) is 15.1 Å². The summed E-state index contributed by atoms with van der Waals surface area (Å²) >= 11 is 3.39. The van der Waals surface area contributed by atoms with E-state index in [0.29, 0.717) is 17.0 Å². The fourth-order valence-corrected chi connectivity index (χ4v) is 4.10. The van der Waals surface area contributed by atoms with Crippen LogP contribution in [0.1, 0.15) is 21.6 Å². The van der Waals surface area contributed by atoms with Crippen LogP contribution in [0.25, 0.3) is 0 Å². The van der Waals surface area contributed by atoms with E-state index in [1.165, 1.54) is 21.8 Å². The molecule has 0 spiro atoms. The smallest absolute Gasteiger partial charge is 0.356 e. The van der Waals surface area contributed by atoms with Gasteiger partial charge in [-0.25, -0.2) is 13.6 Å². The molecule has 0 radical (unpaired) electrons. The van der Waals surface area contributed by atoms with Crippen molar-refractivity contribution >= 4 is 33.5 Å². The van der Waals surface area contributed by atoms with Gasteiger partial charge in [0.15, 0.2) is 5.69 Å². The number of anilines is 1. The summed E-state index contributed by atoms with van der Waals surface area (Å²) in [6.07, 6.45) is 1.68. The number of carboxylic acid groups (broad SMARTS) is 1. The lowest BCUT2D eigenvalue weighted by Gasteiger charge is -2.20. The Morgan fingerprint density at radius 2 is 2.03 bits per heavy atom. The summed E-state index contributed by atoms with van der Waals surface area (Å²) in [5.41, 5.74) is 0.602. The Morgan fingerprint density at radius 1 is 1.29 bits per heavy atom. The van der Waals surface area contributed by atoms with Crippen LogP contribution < -0.4 is 15.0 Å². The Balaban J connectivity index is 1.44. The fourth-order valence-electron chi connectivity index (χ4n) is 3.76. The Kier molecular flexibility index (Phi) is 6.94. The second-order valence-electron chi connectivity index (χ2n) is 7.78. The number of fused-ring (bicyclic) bond motifs is 1. The second kappa shape index (κ2) is 9.90. The Bertz CT molecular complexity index is 1230. The van der Waals surface area contributed by atoms with Gasteiger partial charge in [-0.05, 0) is 36.8 Å². The van der Waals surface area contributed by atoms with Crippen LogP contribution in [0, 0.1) is 11.6 Å². The van der Waals surface area contributed by atoms with Crippen molar-refractivity contribution in [2.45, 2.75) is 19.0 Å². The first-order valence-electron chi connectivity index (χ1n) is 10.4. The van der Waals surface area contributed by atoms with Crippen molar-refractivity contribution in [2.24, 2.45) is 0 Å². The molecule has 1 unspecified atom stereocenters. The molecule has 0 bridgehead atoms. The Morgan fingerprint density at radius 3 is 2.74 bits per heavy atom. The molecule has 0 saturated heterocycles. The zero-order valence-corrected chi connectivity index (χ0v) is 19.7. The minimum absolute atomic E-state index is 0.101. The lowest BCUT2D eigenvalue weighted by atomic mass is 10.1. The summed E-state index contributed by atoms with van der Waals surface area (Å²) in [6.45, 7) is 0.109. The van der Waals surface area contributed by atoms with Gasteiger partial charge in [0.05, 0.1) is 12.2 Å². The number of rotatable bonds is 7. The first-order chi connectivity index (χ1) is 16.2. The van der Waals surface area contributed by atoms with Crippen LogP contribution in [0.15, 0.2) is 47.1 Å². The normalized spacial score (nSPS) is 15.6. The average molecular weight is 535 g/mol. The van der Waals surface area contributed by atoms with Gasteiger partial charge in [-0.3, -0.25) is 9.48 Å². The minimum Gasteiger partial charge on any atom is -0.489 e. The molecule has 2 N–H and O–H groups in total. The highest BCUT2D eigenvalue weighted by Gasteiger charge is 2.29. The molecule has 0 aliphatic carbocycles. The molecule has 34 heavy (non-hydrogen) atoms. The highest BCUT2D eigenvalue weighted by atomic mass is 79.9. The topological polar surface area (TPSA) is 96.7 Å². The largest absolute Gasteiger partial charge is 0.489 e. The number of carboxylic acids is 1. The number of carbonyl (C=O) groups excluding carboxylic acids is 1. The van der Waals surface area contributed by atoms with E-state index in [1.54, 1.807) is 19.2 Å². The molecule has 1 aliphatic rings. The number of carbonyl (C=O) groups is 2. The molecule has 1 amide bonds. The summed E-state index contributed by atoms with van der Waals surface area (Å²) in [5.74, 6) is -2.34. The molecule has 2 heterocycles. The van der Waals surface area contributed by atoms with Crippen molar-refractivity contribution in [3.63, 3.8) is 0 Å². The van der Waals surface area contributed by atoms with E-state index in [4.69, 9.17) is 4.74 Å². The van der Waals surface area contributed by atoms with Crippen molar-refractivity contribution < 1.29 is 28.2 Å². The molecule has 2 aromatic carbocycles. The molecule has 0 saturated carbocycles. The zero-order valence-electron chi connectivity index (χ0n) is 18.1. The van der Waals surface area contributed by atoms with Crippen LogP contribution >= 0.6 is 15.9 Å². The maximum atomic E-state index is 14.0. The quantitative estimate of drug-likeness (QED) is 0.483. The van der Waals surface area contributed by atoms with Crippen LogP contribution in [0.3, 0.4) is 0 Å². The van der Waals surface area contributed by atoms with E-state index in [9.17, 15) is 23.5 Å². The number of hydrogen-bond donors (Lipinski definition) is 2. The highest BCUT2D eigenvalue weighted by molar-refractivity contribution is 9.10. The number of nitrogens with zero attached hydrogens (tertiary/aromatic N) is 3. The molecule has 3 aromatic rings. The minimum atomic E-state index is -1.25. The molecule has 178 valence electrons. The first-order valence-corrected chi connectivity index (χ1v) is 11.2. The molecular formula is C23H21BrF2N4O4. The summed E-state index contributed by atoms with van der Waals surface area (Å²) in [7, 11) is 1.66. The summed E-state index contributed by atoms with van der Waals surface area (Å²) < 4.78 is 35.8. The lowest BCUT2D eigenvalue weighted by Crippen LogP contribution is -2.47. The highest BCUT2D eigenvalue weighted by Crippen LogP contribution is 2.33. The number of benzene rings is 2. The monoisotopic (exact) mass is 534 g/mol. The number of nitrogens with one attached hydrogen (secondary N) is 1. The summed E-state index contributed by atoms with van der Waals surface area (Å²) in [6, 6.07) is 8.25. The standard InChI is InChI=1S/C23H21BrF2N4O4/c1-29-19-6-5-14(24)9-20(19)34-12-18(22(29)31)27-8-7-13-10-30(28-21(13)23(32)33)11-15-16(25)3-2-4-17(15)26/h2-6,9-10,18,27H,7-8,11-12H2,1H3,(H,32,33). The van der Waals surface area contributed by atoms with Gasteiger partial charge in [0.1, 0.15) is 30.0 Å². The molecule has 1 atom stereocenters. The van der Waals surface area contributed by atoms with E-state index in [1.807, 2.05) is 6.07 Å². The second-order valence-corrected chi connectivity index (χ2v) is 8.70. The van der Waals surface area contributed by atoms with Gasteiger partial charge < -0.3 is 20.1 Å². The summed E-state index contributed by atoms with van der Waals surface area (Å²) in [5, 5.41) is 16.6. The number of halogens is 3. The van der Waals surface area contributed by atoms with Crippen molar-refractivity contribution in [1.29, 1.82) is 0 Å². The molecule has 8 nitrogen and oxygen atoms in total. The first kappa shape index (κ1) is 23.8. The number of ether oxygens (including phenoxy) is 1. The van der Waals surface area contributed by atoms with Crippen LogP contribution in [0.5, 0.6) is 5.75 Å². The number of likely N-dealkylation sites (N-methyl/N-ethyl adjacent to an activating group) is 1. The predicted octanol–water partition coefficient (Wildman–Crippen LogP) is 3.23. The van der Waals surface area contributed by atoms with E-state index in [-0.39, 0.29) is 43.3 Å². The average Bonchev–Trinajstić information content (AvgIpc) is 3.16. The molecular weight excluding hydrogens is 514 g/mol. The molecule has 11 heteroatoms. The third-order valence-electron chi connectivity index (χ3n) is 5.52. The van der Waals surface area contributed by atoms with Gasteiger partial charge in [-0.15, -0.1) is 0 Å². The van der Waals surface area contributed by atoms with Crippen LogP contribution in [0.2, 0.25) is 0 Å².